The molecule has 0 fully saturated rings. The molecule has 30 heavy (non-hydrogen) atoms. The molecule has 1 heterocycles. The summed E-state index contributed by atoms with van der Waals surface area (Å²) < 4.78 is 13.3. The zero-order valence-electron chi connectivity index (χ0n) is 15.6. The van der Waals surface area contributed by atoms with Gasteiger partial charge in [0.15, 0.2) is 0 Å². The first-order valence-electron chi connectivity index (χ1n) is 9.10. The summed E-state index contributed by atoms with van der Waals surface area (Å²) >= 11 is 7.34. The minimum absolute atomic E-state index is 0.00843. The molecule has 7 heteroatoms. The number of thioether (sulfide) groups is 1. The van der Waals surface area contributed by atoms with Gasteiger partial charge in [0, 0.05) is 27.2 Å². The molecule has 0 aliphatic rings. The quantitative estimate of drug-likeness (QED) is 0.392. The highest BCUT2D eigenvalue weighted by Crippen LogP contribution is 2.35. The second kappa shape index (κ2) is 8.73. The van der Waals surface area contributed by atoms with E-state index in [9.17, 15) is 14.0 Å². The van der Waals surface area contributed by atoms with Gasteiger partial charge in [-0.25, -0.2) is 4.39 Å². The van der Waals surface area contributed by atoms with Gasteiger partial charge in [-0.3, -0.25) is 9.59 Å². The maximum atomic E-state index is 13.3. The maximum Gasteiger partial charge on any atom is 0.262 e. The number of aromatic nitrogens is 1. The molecule has 4 aromatic rings. The van der Waals surface area contributed by atoms with Gasteiger partial charge in [-0.05, 0) is 42.0 Å². The van der Waals surface area contributed by atoms with E-state index < -0.39 is 5.82 Å². The summed E-state index contributed by atoms with van der Waals surface area (Å²) in [5.74, 6) is -0.782. The average molecular weight is 439 g/mol. The number of hydrogen-bond acceptors (Lipinski definition) is 3. The molecule has 1 aromatic heterocycles. The molecule has 1 amide bonds. The molecule has 0 bridgehead atoms. The van der Waals surface area contributed by atoms with E-state index in [4.69, 9.17) is 11.6 Å². The Morgan fingerprint density at radius 3 is 2.60 bits per heavy atom. The van der Waals surface area contributed by atoms with Crippen LogP contribution >= 0.6 is 23.4 Å². The number of pyridine rings is 1. The summed E-state index contributed by atoms with van der Waals surface area (Å²) in [6.07, 6.45) is 0. The lowest BCUT2D eigenvalue weighted by Crippen LogP contribution is -2.17. The van der Waals surface area contributed by atoms with Crippen molar-refractivity contribution in [1.82, 2.24) is 4.98 Å². The second-order valence-corrected chi connectivity index (χ2v) is 7.98. The van der Waals surface area contributed by atoms with E-state index in [1.165, 1.54) is 18.2 Å². The minimum Gasteiger partial charge on any atom is -0.325 e. The fourth-order valence-corrected chi connectivity index (χ4v) is 4.25. The highest BCUT2D eigenvalue weighted by Gasteiger charge is 2.17. The Labute approximate surface area is 181 Å². The van der Waals surface area contributed by atoms with Gasteiger partial charge in [0.1, 0.15) is 5.82 Å². The number of aromatic amines is 1. The third-order valence-electron chi connectivity index (χ3n) is 4.45. The highest BCUT2D eigenvalue weighted by atomic mass is 35.5. The second-order valence-electron chi connectivity index (χ2n) is 6.56. The SMILES string of the molecule is O=C(CSc1c(-c2ccccc2)c2cc(Cl)ccc2[nH]c1=O)Nc1cccc(F)c1. The zero-order valence-corrected chi connectivity index (χ0v) is 17.2. The molecule has 0 radical (unpaired) electrons. The summed E-state index contributed by atoms with van der Waals surface area (Å²) in [7, 11) is 0. The molecule has 2 N–H and O–H groups in total. The van der Waals surface area contributed by atoms with Crippen molar-refractivity contribution < 1.29 is 9.18 Å². The van der Waals surface area contributed by atoms with Gasteiger partial charge >= 0.3 is 0 Å². The van der Waals surface area contributed by atoms with Crippen molar-refractivity contribution in [3.8, 4) is 11.1 Å². The Balaban J connectivity index is 1.70. The molecule has 0 aliphatic carbocycles. The van der Waals surface area contributed by atoms with Crippen molar-refractivity contribution in [3.05, 3.63) is 94.0 Å². The summed E-state index contributed by atoms with van der Waals surface area (Å²) in [5, 5.41) is 3.99. The minimum atomic E-state index is -0.435. The number of hydrogen-bond donors (Lipinski definition) is 2. The smallest absolute Gasteiger partial charge is 0.262 e. The summed E-state index contributed by atoms with van der Waals surface area (Å²) in [6, 6.07) is 20.4. The zero-order chi connectivity index (χ0) is 21.1. The van der Waals surface area contributed by atoms with Gasteiger partial charge in [0.25, 0.3) is 5.56 Å². The number of anilines is 1. The monoisotopic (exact) mass is 438 g/mol. The molecule has 0 saturated heterocycles. The Hall–Kier alpha value is -3.09. The average Bonchev–Trinajstić information content (AvgIpc) is 2.73. The number of amides is 1. The van der Waals surface area contributed by atoms with Gasteiger partial charge in [-0.2, -0.15) is 0 Å². The molecule has 4 nitrogen and oxygen atoms in total. The molecular weight excluding hydrogens is 423 g/mol. The molecule has 0 aliphatic heterocycles. The lowest BCUT2D eigenvalue weighted by atomic mass is 10.0. The third-order valence-corrected chi connectivity index (χ3v) is 5.77. The van der Waals surface area contributed by atoms with Gasteiger partial charge in [-0.1, -0.05) is 48.0 Å². The van der Waals surface area contributed by atoms with Crippen molar-refractivity contribution in [2.75, 3.05) is 11.1 Å². The van der Waals surface area contributed by atoms with Gasteiger partial charge in [0.2, 0.25) is 5.91 Å². The predicted molar refractivity (Wildman–Crippen MR) is 121 cm³/mol. The van der Waals surface area contributed by atoms with Crippen LogP contribution in [0, 0.1) is 5.82 Å². The van der Waals surface area contributed by atoms with Crippen LogP contribution in [0.5, 0.6) is 0 Å². The van der Waals surface area contributed by atoms with Crippen LogP contribution in [0.3, 0.4) is 0 Å². The summed E-state index contributed by atoms with van der Waals surface area (Å²) in [6.45, 7) is 0. The first-order valence-corrected chi connectivity index (χ1v) is 10.5. The normalized spacial score (nSPS) is 10.9. The number of rotatable bonds is 5. The lowest BCUT2D eigenvalue weighted by Gasteiger charge is -2.13. The number of carbonyl (C=O) groups excluding carboxylic acids is 1. The number of nitrogens with one attached hydrogen (secondary N) is 2. The standard InChI is InChI=1S/C23H16ClFN2O2S/c24-15-9-10-19-18(11-15)21(14-5-2-1-3-6-14)22(23(29)27-19)30-13-20(28)26-17-8-4-7-16(25)12-17/h1-12H,13H2,(H,26,28)(H,27,29). The van der Waals surface area contributed by atoms with E-state index in [2.05, 4.69) is 10.3 Å². The maximum absolute atomic E-state index is 13.3. The Bertz CT molecular complexity index is 1290. The molecule has 0 atom stereocenters. The van der Waals surface area contributed by atoms with E-state index in [-0.39, 0.29) is 17.2 Å². The van der Waals surface area contributed by atoms with Crippen molar-refractivity contribution in [2.24, 2.45) is 0 Å². The first-order chi connectivity index (χ1) is 14.5. The molecular formula is C23H16ClFN2O2S. The molecule has 0 spiro atoms. The molecule has 0 saturated carbocycles. The number of carbonyl (C=O) groups is 1. The number of H-pyrrole nitrogens is 1. The van der Waals surface area contributed by atoms with Gasteiger partial charge < -0.3 is 10.3 Å². The summed E-state index contributed by atoms with van der Waals surface area (Å²) in [5.41, 5.74) is 2.32. The van der Waals surface area contributed by atoms with E-state index in [1.807, 2.05) is 30.3 Å². The number of benzene rings is 3. The van der Waals surface area contributed by atoms with Crippen LogP contribution in [0.1, 0.15) is 0 Å². The Morgan fingerprint density at radius 2 is 1.83 bits per heavy atom. The lowest BCUT2D eigenvalue weighted by molar-refractivity contribution is -0.113. The third kappa shape index (κ3) is 4.40. The van der Waals surface area contributed by atoms with Crippen LogP contribution in [0.2, 0.25) is 5.02 Å². The van der Waals surface area contributed by atoms with Crippen LogP contribution < -0.4 is 10.9 Å². The van der Waals surface area contributed by atoms with Gasteiger partial charge in [-0.15, -0.1) is 11.8 Å². The van der Waals surface area contributed by atoms with E-state index >= 15 is 0 Å². The molecule has 3 aromatic carbocycles. The molecule has 4 rings (SSSR count). The number of halogens is 2. The van der Waals surface area contributed by atoms with Crippen LogP contribution in [0.4, 0.5) is 10.1 Å². The van der Waals surface area contributed by atoms with Crippen molar-refractivity contribution >= 4 is 45.9 Å². The highest BCUT2D eigenvalue weighted by molar-refractivity contribution is 8.00. The van der Waals surface area contributed by atoms with Crippen LogP contribution in [0.25, 0.3) is 22.0 Å². The fraction of sp³-hybridized carbons (Fsp3) is 0.0435. The van der Waals surface area contributed by atoms with Crippen LogP contribution in [0.15, 0.2) is 82.5 Å². The van der Waals surface area contributed by atoms with Crippen LogP contribution in [-0.2, 0) is 4.79 Å². The topological polar surface area (TPSA) is 62.0 Å². The van der Waals surface area contributed by atoms with Crippen molar-refractivity contribution in [3.63, 3.8) is 0 Å². The van der Waals surface area contributed by atoms with Crippen molar-refractivity contribution in [2.45, 2.75) is 4.90 Å². The Kier molecular flexibility index (Phi) is 5.88. The van der Waals surface area contributed by atoms with E-state index in [0.717, 1.165) is 28.3 Å². The van der Waals surface area contributed by atoms with Crippen molar-refractivity contribution in [1.29, 1.82) is 0 Å². The van der Waals surface area contributed by atoms with E-state index in [1.54, 1.807) is 24.3 Å². The molecule has 0 unspecified atom stereocenters. The van der Waals surface area contributed by atoms with E-state index in [0.29, 0.717) is 21.1 Å². The summed E-state index contributed by atoms with van der Waals surface area (Å²) in [4.78, 5) is 28.5. The van der Waals surface area contributed by atoms with Crippen LogP contribution in [-0.4, -0.2) is 16.6 Å². The first kappa shape index (κ1) is 20.2. The molecule has 150 valence electrons. The predicted octanol–water partition coefficient (Wildman–Crippen LogP) is 5.72. The Morgan fingerprint density at radius 1 is 1.03 bits per heavy atom. The fourth-order valence-electron chi connectivity index (χ4n) is 3.18. The van der Waals surface area contributed by atoms with Gasteiger partial charge in [0.05, 0.1) is 10.6 Å². The number of fused-ring (bicyclic) bond motifs is 1. The largest absolute Gasteiger partial charge is 0.325 e.